The fourth-order valence-electron chi connectivity index (χ4n) is 5.55. The van der Waals surface area contributed by atoms with E-state index in [0.29, 0.717) is 0 Å². The van der Waals surface area contributed by atoms with Gasteiger partial charge in [0.1, 0.15) is 12.7 Å². The van der Waals surface area contributed by atoms with Crippen molar-refractivity contribution in [3.8, 4) is 0 Å². The Balaban J connectivity index is 3.89. The van der Waals surface area contributed by atoms with Crippen LogP contribution in [0.5, 0.6) is 0 Å². The van der Waals surface area contributed by atoms with Gasteiger partial charge in [-0.1, -0.05) is 181 Å². The number of ether oxygens (including phenoxy) is 1. The van der Waals surface area contributed by atoms with Gasteiger partial charge in [0, 0.05) is 0 Å². The summed E-state index contributed by atoms with van der Waals surface area (Å²) in [5.41, 5.74) is 0. The molecule has 0 heterocycles. The van der Waals surface area contributed by atoms with Crippen LogP contribution in [-0.4, -0.2) is 35.5 Å². The standard InChI is InChI=1S/C35H70O4/c1-3-5-7-9-11-13-15-17-18-20-22-24-26-28-30-33(35(38)39-32-34(37)31-36)29-27-25-23-21-19-16-14-12-10-8-6-4-2/h33-34,36-37H,3-32H2,1-2H3. The van der Waals surface area contributed by atoms with Crippen LogP contribution >= 0.6 is 0 Å². The van der Waals surface area contributed by atoms with E-state index in [9.17, 15) is 9.90 Å². The molecule has 0 fully saturated rings. The summed E-state index contributed by atoms with van der Waals surface area (Å²) in [6.45, 7) is 4.09. The molecule has 0 saturated heterocycles. The first-order valence-corrected chi connectivity index (χ1v) is 17.6. The number of aliphatic hydroxyl groups is 2. The molecule has 0 amide bonds. The zero-order valence-corrected chi connectivity index (χ0v) is 26.6. The summed E-state index contributed by atoms with van der Waals surface area (Å²) in [7, 11) is 0. The molecule has 2 N–H and O–H groups in total. The molecule has 234 valence electrons. The molecule has 0 radical (unpaired) electrons. The second-order valence-electron chi connectivity index (χ2n) is 12.2. The van der Waals surface area contributed by atoms with E-state index in [2.05, 4.69) is 13.8 Å². The van der Waals surface area contributed by atoms with Crippen LogP contribution in [0.3, 0.4) is 0 Å². The number of carbonyl (C=O) groups is 1. The van der Waals surface area contributed by atoms with Gasteiger partial charge in [-0.3, -0.25) is 4.79 Å². The van der Waals surface area contributed by atoms with Crippen molar-refractivity contribution in [1.29, 1.82) is 0 Å². The van der Waals surface area contributed by atoms with E-state index < -0.39 is 6.10 Å². The number of hydrogen-bond donors (Lipinski definition) is 2. The summed E-state index contributed by atoms with van der Waals surface area (Å²) in [6, 6.07) is 0. The maximum atomic E-state index is 12.6. The average molecular weight is 555 g/mol. The number of hydrogen-bond acceptors (Lipinski definition) is 4. The highest BCUT2D eigenvalue weighted by atomic mass is 16.5. The molecule has 2 unspecified atom stereocenters. The maximum Gasteiger partial charge on any atom is 0.309 e. The van der Waals surface area contributed by atoms with E-state index in [-0.39, 0.29) is 25.1 Å². The number of aliphatic hydroxyl groups excluding tert-OH is 2. The Morgan fingerprint density at radius 2 is 0.795 bits per heavy atom. The van der Waals surface area contributed by atoms with Gasteiger partial charge in [-0.05, 0) is 12.8 Å². The number of carbonyl (C=O) groups excluding carboxylic acids is 1. The second kappa shape index (κ2) is 31.9. The lowest BCUT2D eigenvalue weighted by Gasteiger charge is -2.17. The molecule has 0 aromatic carbocycles. The predicted molar refractivity (Wildman–Crippen MR) is 168 cm³/mol. The minimum Gasteiger partial charge on any atom is -0.463 e. The number of unbranched alkanes of at least 4 members (excludes halogenated alkanes) is 24. The van der Waals surface area contributed by atoms with E-state index in [1.807, 2.05) is 0 Å². The SMILES string of the molecule is CCCCCCCCCCCCCCCCC(CCCCCCCCCCCCCC)C(=O)OCC(O)CO. The van der Waals surface area contributed by atoms with E-state index in [0.717, 1.165) is 25.7 Å². The third-order valence-corrected chi connectivity index (χ3v) is 8.27. The second-order valence-corrected chi connectivity index (χ2v) is 12.2. The van der Waals surface area contributed by atoms with Gasteiger partial charge in [0.25, 0.3) is 0 Å². The van der Waals surface area contributed by atoms with Crippen LogP contribution < -0.4 is 0 Å². The smallest absolute Gasteiger partial charge is 0.309 e. The van der Waals surface area contributed by atoms with Crippen molar-refractivity contribution in [3.05, 3.63) is 0 Å². The number of esters is 1. The molecule has 0 aromatic heterocycles. The van der Waals surface area contributed by atoms with Crippen LogP contribution in [0.2, 0.25) is 0 Å². The Hall–Kier alpha value is -0.610. The zero-order chi connectivity index (χ0) is 28.7. The summed E-state index contributed by atoms with van der Waals surface area (Å²) in [6.07, 6.45) is 35.4. The van der Waals surface area contributed by atoms with E-state index in [1.54, 1.807) is 0 Å². The molecule has 0 rings (SSSR count). The lowest BCUT2D eigenvalue weighted by molar-refractivity contribution is -0.152. The fraction of sp³-hybridized carbons (Fsp3) is 0.971. The Labute approximate surface area is 244 Å². The fourth-order valence-corrected chi connectivity index (χ4v) is 5.55. The molecule has 4 nitrogen and oxygen atoms in total. The first kappa shape index (κ1) is 38.4. The van der Waals surface area contributed by atoms with Gasteiger partial charge in [-0.25, -0.2) is 0 Å². The van der Waals surface area contributed by atoms with Crippen molar-refractivity contribution in [1.82, 2.24) is 0 Å². The van der Waals surface area contributed by atoms with Crippen molar-refractivity contribution in [2.24, 2.45) is 5.92 Å². The molecule has 0 bridgehead atoms. The van der Waals surface area contributed by atoms with Crippen molar-refractivity contribution in [2.75, 3.05) is 13.2 Å². The molecule has 0 spiro atoms. The maximum absolute atomic E-state index is 12.6. The summed E-state index contributed by atoms with van der Waals surface area (Å²) in [5, 5.41) is 18.6. The molecule has 0 aliphatic carbocycles. The molecule has 0 aromatic rings. The number of rotatable bonds is 32. The first-order chi connectivity index (χ1) is 19.2. The Morgan fingerprint density at radius 1 is 0.513 bits per heavy atom. The van der Waals surface area contributed by atoms with Crippen molar-refractivity contribution in [2.45, 2.75) is 200 Å². The zero-order valence-electron chi connectivity index (χ0n) is 26.6. The monoisotopic (exact) mass is 555 g/mol. The van der Waals surface area contributed by atoms with Gasteiger partial charge in [-0.2, -0.15) is 0 Å². The van der Waals surface area contributed by atoms with Crippen LogP contribution in [0.15, 0.2) is 0 Å². The van der Waals surface area contributed by atoms with Gasteiger partial charge in [-0.15, -0.1) is 0 Å². The van der Waals surface area contributed by atoms with Crippen molar-refractivity contribution < 1.29 is 19.7 Å². The Bertz CT molecular complexity index is 481. The molecule has 0 aliphatic rings. The van der Waals surface area contributed by atoms with E-state index in [1.165, 1.54) is 154 Å². The van der Waals surface area contributed by atoms with Crippen molar-refractivity contribution >= 4 is 5.97 Å². The molecular weight excluding hydrogens is 484 g/mol. The molecule has 39 heavy (non-hydrogen) atoms. The van der Waals surface area contributed by atoms with Crippen LogP contribution in [0.1, 0.15) is 194 Å². The van der Waals surface area contributed by atoms with Crippen LogP contribution in [0.4, 0.5) is 0 Å². The third-order valence-electron chi connectivity index (χ3n) is 8.27. The highest BCUT2D eigenvalue weighted by molar-refractivity contribution is 5.72. The normalized spacial score (nSPS) is 13.0. The topological polar surface area (TPSA) is 66.8 Å². The summed E-state index contributed by atoms with van der Waals surface area (Å²) >= 11 is 0. The van der Waals surface area contributed by atoms with Crippen LogP contribution in [0, 0.1) is 5.92 Å². The van der Waals surface area contributed by atoms with Gasteiger partial charge in [0.15, 0.2) is 0 Å². The van der Waals surface area contributed by atoms with Gasteiger partial charge in [0.2, 0.25) is 0 Å². The van der Waals surface area contributed by atoms with Gasteiger partial charge >= 0.3 is 5.97 Å². The largest absolute Gasteiger partial charge is 0.463 e. The molecule has 0 aliphatic heterocycles. The minimum atomic E-state index is -0.970. The van der Waals surface area contributed by atoms with Crippen molar-refractivity contribution in [3.63, 3.8) is 0 Å². The van der Waals surface area contributed by atoms with Gasteiger partial charge < -0.3 is 14.9 Å². The molecule has 4 heteroatoms. The Kier molecular flexibility index (Phi) is 31.4. The van der Waals surface area contributed by atoms with E-state index >= 15 is 0 Å². The first-order valence-electron chi connectivity index (χ1n) is 17.6. The van der Waals surface area contributed by atoms with Gasteiger partial charge in [0.05, 0.1) is 12.5 Å². The van der Waals surface area contributed by atoms with Crippen LogP contribution in [-0.2, 0) is 9.53 Å². The lowest BCUT2D eigenvalue weighted by Crippen LogP contribution is -2.25. The Morgan fingerprint density at radius 3 is 1.08 bits per heavy atom. The highest BCUT2D eigenvalue weighted by Crippen LogP contribution is 2.21. The summed E-state index contributed by atoms with van der Waals surface area (Å²) in [5.74, 6) is -0.239. The quantitative estimate of drug-likeness (QED) is 0.0641. The van der Waals surface area contributed by atoms with Crippen LogP contribution in [0.25, 0.3) is 0 Å². The summed E-state index contributed by atoms with van der Waals surface area (Å²) < 4.78 is 5.34. The average Bonchev–Trinajstić information content (AvgIpc) is 2.95. The summed E-state index contributed by atoms with van der Waals surface area (Å²) in [4.78, 5) is 12.6. The lowest BCUT2D eigenvalue weighted by atomic mass is 9.94. The minimum absolute atomic E-state index is 0.0589. The third kappa shape index (κ3) is 28.7. The predicted octanol–water partition coefficient (Wildman–Crippen LogP) is 10.5. The molecule has 2 atom stereocenters. The van der Waals surface area contributed by atoms with E-state index in [4.69, 9.17) is 9.84 Å². The molecular formula is C35H70O4. The molecule has 0 saturated carbocycles. The highest BCUT2D eigenvalue weighted by Gasteiger charge is 2.20.